The maximum Gasteiger partial charge on any atom is 0.191 e. The highest BCUT2D eigenvalue weighted by Gasteiger charge is 2.17. The summed E-state index contributed by atoms with van der Waals surface area (Å²) in [5.41, 5.74) is 1.12. The summed E-state index contributed by atoms with van der Waals surface area (Å²) in [4.78, 5) is 13.0. The van der Waals surface area contributed by atoms with Crippen molar-refractivity contribution in [2.45, 2.75) is 39.3 Å². The Morgan fingerprint density at radius 3 is 2.59 bits per heavy atom. The SMILES string of the molecule is CN=C(NCc1csc(C(C)(C)C)n1)NCc1ncnn1C. The average Bonchev–Trinajstić information content (AvgIpc) is 3.08. The highest BCUT2D eigenvalue weighted by molar-refractivity contribution is 7.09. The van der Waals surface area contributed by atoms with Crippen LogP contribution in [0.15, 0.2) is 16.7 Å². The number of aliphatic imine (C=N–C) groups is 1. The fourth-order valence-electron chi connectivity index (χ4n) is 1.77. The molecule has 0 aliphatic rings. The lowest BCUT2D eigenvalue weighted by atomic mass is 9.98. The van der Waals surface area contributed by atoms with E-state index in [-0.39, 0.29) is 5.41 Å². The number of thiazole rings is 1. The Morgan fingerprint density at radius 2 is 2.05 bits per heavy atom. The van der Waals surface area contributed by atoms with Gasteiger partial charge in [0.1, 0.15) is 12.2 Å². The minimum Gasteiger partial charge on any atom is -0.351 e. The molecule has 0 radical (unpaired) electrons. The molecule has 0 aliphatic heterocycles. The first-order chi connectivity index (χ1) is 10.4. The Kier molecular flexibility index (Phi) is 5.12. The smallest absolute Gasteiger partial charge is 0.191 e. The highest BCUT2D eigenvalue weighted by Crippen LogP contribution is 2.25. The number of nitrogens with one attached hydrogen (secondary N) is 2. The van der Waals surface area contributed by atoms with Gasteiger partial charge in [0.2, 0.25) is 0 Å². The summed E-state index contributed by atoms with van der Waals surface area (Å²) < 4.78 is 1.73. The van der Waals surface area contributed by atoms with Crippen LogP contribution in [0.1, 0.15) is 37.3 Å². The van der Waals surface area contributed by atoms with Crippen LogP contribution in [-0.2, 0) is 25.6 Å². The van der Waals surface area contributed by atoms with Crippen LogP contribution < -0.4 is 10.6 Å². The average molecular weight is 321 g/mol. The molecule has 0 aliphatic carbocycles. The van der Waals surface area contributed by atoms with Crippen molar-refractivity contribution < 1.29 is 0 Å². The molecule has 22 heavy (non-hydrogen) atoms. The third kappa shape index (κ3) is 4.27. The van der Waals surface area contributed by atoms with Gasteiger partial charge in [-0.2, -0.15) is 5.10 Å². The van der Waals surface area contributed by atoms with Crippen LogP contribution in [0.2, 0.25) is 0 Å². The van der Waals surface area contributed by atoms with E-state index >= 15 is 0 Å². The molecule has 2 aromatic rings. The molecular formula is C14H23N7S. The molecule has 120 valence electrons. The zero-order valence-corrected chi connectivity index (χ0v) is 14.5. The van der Waals surface area contributed by atoms with Gasteiger partial charge in [-0.3, -0.25) is 9.67 Å². The van der Waals surface area contributed by atoms with Gasteiger partial charge in [-0.05, 0) is 0 Å². The monoisotopic (exact) mass is 321 g/mol. The summed E-state index contributed by atoms with van der Waals surface area (Å²) in [5.74, 6) is 1.57. The van der Waals surface area contributed by atoms with Crippen LogP contribution in [-0.4, -0.2) is 32.8 Å². The molecule has 2 N–H and O–H groups in total. The summed E-state index contributed by atoms with van der Waals surface area (Å²) >= 11 is 1.70. The van der Waals surface area contributed by atoms with Crippen molar-refractivity contribution in [3.8, 4) is 0 Å². The lowest BCUT2D eigenvalue weighted by Crippen LogP contribution is -2.37. The number of guanidine groups is 1. The maximum absolute atomic E-state index is 4.66. The molecule has 0 unspecified atom stereocenters. The van der Waals surface area contributed by atoms with Crippen LogP contribution >= 0.6 is 11.3 Å². The standard InChI is InChI=1S/C14H23N7S/c1-14(2,3)12-20-10(8-22-12)6-16-13(15-4)17-7-11-18-9-19-21(11)5/h8-9H,6-7H2,1-5H3,(H2,15,16,17). The van der Waals surface area contributed by atoms with Gasteiger partial charge in [-0.15, -0.1) is 11.3 Å². The number of aromatic nitrogens is 4. The van der Waals surface area contributed by atoms with Crippen LogP contribution in [0.25, 0.3) is 0 Å². The molecule has 0 atom stereocenters. The van der Waals surface area contributed by atoms with E-state index in [0.29, 0.717) is 19.0 Å². The molecule has 0 aromatic carbocycles. The summed E-state index contributed by atoms with van der Waals surface area (Å²) in [5, 5.41) is 13.7. The first kappa shape index (κ1) is 16.4. The number of aryl methyl sites for hydroxylation is 1. The van der Waals surface area contributed by atoms with Gasteiger partial charge < -0.3 is 10.6 Å². The van der Waals surface area contributed by atoms with Gasteiger partial charge in [0.25, 0.3) is 0 Å². The lowest BCUT2D eigenvalue weighted by molar-refractivity contribution is 0.582. The van der Waals surface area contributed by atoms with E-state index in [2.05, 4.69) is 56.8 Å². The first-order valence-electron chi connectivity index (χ1n) is 7.12. The fraction of sp³-hybridized carbons (Fsp3) is 0.571. The fourth-order valence-corrected chi connectivity index (χ4v) is 2.68. The largest absolute Gasteiger partial charge is 0.351 e. The second-order valence-electron chi connectivity index (χ2n) is 5.97. The normalized spacial score (nSPS) is 12.5. The maximum atomic E-state index is 4.66. The van der Waals surface area contributed by atoms with Crippen molar-refractivity contribution in [2.75, 3.05) is 7.05 Å². The summed E-state index contributed by atoms with van der Waals surface area (Å²) in [6, 6.07) is 0. The van der Waals surface area contributed by atoms with Crippen molar-refractivity contribution >= 4 is 17.3 Å². The van der Waals surface area contributed by atoms with E-state index in [1.807, 2.05) is 7.05 Å². The molecule has 0 amide bonds. The topological polar surface area (TPSA) is 80.0 Å². The number of nitrogens with zero attached hydrogens (tertiary/aromatic N) is 5. The number of rotatable bonds is 4. The minimum absolute atomic E-state index is 0.0913. The van der Waals surface area contributed by atoms with Gasteiger partial charge >= 0.3 is 0 Å². The first-order valence-corrected chi connectivity index (χ1v) is 8.00. The van der Waals surface area contributed by atoms with Gasteiger partial charge in [0, 0.05) is 24.9 Å². The zero-order valence-electron chi connectivity index (χ0n) is 13.7. The van der Waals surface area contributed by atoms with Crippen LogP contribution in [0, 0.1) is 0 Å². The second-order valence-corrected chi connectivity index (χ2v) is 6.83. The molecule has 0 saturated carbocycles. The Morgan fingerprint density at radius 1 is 1.32 bits per heavy atom. The van der Waals surface area contributed by atoms with Crippen molar-refractivity contribution in [3.63, 3.8) is 0 Å². The molecule has 0 bridgehead atoms. The molecular weight excluding hydrogens is 298 g/mol. The van der Waals surface area contributed by atoms with Crippen LogP contribution in [0.3, 0.4) is 0 Å². The summed E-state index contributed by atoms with van der Waals surface area (Å²) in [7, 11) is 3.61. The van der Waals surface area contributed by atoms with Crippen molar-refractivity contribution in [2.24, 2.45) is 12.0 Å². The number of hydrogen-bond donors (Lipinski definition) is 2. The van der Waals surface area contributed by atoms with E-state index in [1.54, 1.807) is 23.1 Å². The van der Waals surface area contributed by atoms with E-state index in [4.69, 9.17) is 0 Å². The number of hydrogen-bond acceptors (Lipinski definition) is 5. The van der Waals surface area contributed by atoms with E-state index in [0.717, 1.165) is 16.5 Å². The Labute approximate surface area is 134 Å². The molecule has 2 heterocycles. The summed E-state index contributed by atoms with van der Waals surface area (Å²) in [6.45, 7) is 7.73. The third-order valence-corrected chi connectivity index (χ3v) is 4.39. The summed E-state index contributed by atoms with van der Waals surface area (Å²) in [6.07, 6.45) is 1.54. The van der Waals surface area contributed by atoms with Crippen molar-refractivity contribution in [3.05, 3.63) is 28.2 Å². The molecule has 0 saturated heterocycles. The van der Waals surface area contributed by atoms with Gasteiger partial charge in [-0.25, -0.2) is 9.97 Å². The highest BCUT2D eigenvalue weighted by atomic mass is 32.1. The lowest BCUT2D eigenvalue weighted by Gasteiger charge is -2.14. The molecule has 7 nitrogen and oxygen atoms in total. The molecule has 8 heteroatoms. The van der Waals surface area contributed by atoms with Crippen molar-refractivity contribution in [1.82, 2.24) is 30.4 Å². The van der Waals surface area contributed by atoms with Crippen LogP contribution in [0.4, 0.5) is 0 Å². The van der Waals surface area contributed by atoms with Gasteiger partial charge in [0.05, 0.1) is 23.8 Å². The van der Waals surface area contributed by atoms with Gasteiger partial charge in [-0.1, -0.05) is 20.8 Å². The van der Waals surface area contributed by atoms with E-state index in [1.165, 1.54) is 6.33 Å². The van der Waals surface area contributed by atoms with Crippen LogP contribution in [0.5, 0.6) is 0 Å². The van der Waals surface area contributed by atoms with E-state index in [9.17, 15) is 0 Å². The predicted octanol–water partition coefficient (Wildman–Crippen LogP) is 1.43. The molecule has 0 spiro atoms. The quantitative estimate of drug-likeness (QED) is 0.658. The Hall–Kier alpha value is -1.96. The van der Waals surface area contributed by atoms with Crippen molar-refractivity contribution in [1.29, 1.82) is 0 Å². The Balaban J connectivity index is 1.86. The minimum atomic E-state index is 0.0913. The molecule has 2 rings (SSSR count). The second kappa shape index (κ2) is 6.87. The predicted molar refractivity (Wildman–Crippen MR) is 88.9 cm³/mol. The molecule has 2 aromatic heterocycles. The zero-order chi connectivity index (χ0) is 16.2. The third-order valence-electron chi connectivity index (χ3n) is 3.07. The molecule has 0 fully saturated rings. The van der Waals surface area contributed by atoms with E-state index < -0.39 is 0 Å². The van der Waals surface area contributed by atoms with Gasteiger partial charge in [0.15, 0.2) is 5.96 Å². The Bertz CT molecular complexity index is 636.